The number of carbonyl (C=O) groups is 3. The summed E-state index contributed by atoms with van der Waals surface area (Å²) in [5, 5.41) is 9.75. The number of ether oxygens (including phenoxy) is 4. The zero-order valence-corrected chi connectivity index (χ0v) is 57.7. The number of aliphatic carboxylic acids is 1. The van der Waals surface area contributed by atoms with E-state index in [-0.39, 0.29) is 38.2 Å². The lowest BCUT2D eigenvalue weighted by Gasteiger charge is -2.25. The molecule has 0 saturated carbocycles. The summed E-state index contributed by atoms with van der Waals surface area (Å²) < 4.78 is 23.0. The third kappa shape index (κ3) is 69.8. The van der Waals surface area contributed by atoms with Gasteiger partial charge < -0.3 is 28.5 Å². The van der Waals surface area contributed by atoms with Crippen molar-refractivity contribution in [3.63, 3.8) is 0 Å². The van der Waals surface area contributed by atoms with Crippen molar-refractivity contribution < 1.29 is 42.9 Å². The number of allylic oxidation sites excluding steroid dienone is 14. The average Bonchev–Trinajstić information content (AvgIpc) is 3.59. The largest absolute Gasteiger partial charge is 0.477 e. The van der Waals surface area contributed by atoms with Crippen LogP contribution >= 0.6 is 0 Å². The van der Waals surface area contributed by atoms with E-state index in [9.17, 15) is 19.5 Å². The van der Waals surface area contributed by atoms with Crippen LogP contribution in [0.1, 0.15) is 335 Å². The molecule has 0 fully saturated rings. The molecular weight excluding hydrogens is 1080 g/mol. The highest BCUT2D eigenvalue weighted by Crippen LogP contribution is 2.19. The molecule has 0 aliphatic carbocycles. The summed E-state index contributed by atoms with van der Waals surface area (Å²) in [5.74, 6) is -1.98. The van der Waals surface area contributed by atoms with Crippen molar-refractivity contribution in [3.05, 3.63) is 85.1 Å². The molecule has 504 valence electrons. The Morgan fingerprint density at radius 1 is 0.356 bits per heavy atom. The van der Waals surface area contributed by atoms with Crippen LogP contribution in [0.4, 0.5) is 0 Å². The fourth-order valence-electron chi connectivity index (χ4n) is 10.6. The number of rotatable bonds is 68. The maximum absolute atomic E-state index is 13.0. The van der Waals surface area contributed by atoms with Crippen LogP contribution in [-0.2, 0) is 33.3 Å². The predicted octanol–water partition coefficient (Wildman–Crippen LogP) is 23.0. The van der Waals surface area contributed by atoms with Crippen molar-refractivity contribution in [2.45, 2.75) is 347 Å². The Balaban J connectivity index is 4.00. The van der Waals surface area contributed by atoms with Crippen molar-refractivity contribution in [2.75, 3.05) is 47.5 Å². The van der Waals surface area contributed by atoms with Gasteiger partial charge in [0.15, 0.2) is 6.10 Å². The molecule has 0 rings (SSSR count). The van der Waals surface area contributed by atoms with Gasteiger partial charge in [-0.15, -0.1) is 0 Å². The second kappa shape index (κ2) is 68.4. The molecule has 9 heteroatoms. The molecule has 0 aliphatic heterocycles. The lowest BCUT2D eigenvalue weighted by atomic mass is 10.0. The third-order valence-electron chi connectivity index (χ3n) is 16.2. The Morgan fingerprint density at radius 3 is 0.977 bits per heavy atom. The molecule has 1 N–H and O–H groups in total. The molecule has 0 amide bonds. The van der Waals surface area contributed by atoms with Gasteiger partial charge in [-0.25, -0.2) is 4.79 Å². The van der Waals surface area contributed by atoms with Crippen LogP contribution in [0.25, 0.3) is 0 Å². The van der Waals surface area contributed by atoms with Gasteiger partial charge in [-0.3, -0.25) is 9.59 Å². The van der Waals surface area contributed by atoms with E-state index in [1.165, 1.54) is 225 Å². The number of unbranched alkanes of at least 4 members (excludes halogenated alkanes) is 39. The summed E-state index contributed by atoms with van der Waals surface area (Å²) in [6.45, 7) is 4.82. The van der Waals surface area contributed by atoms with E-state index in [1.807, 2.05) is 21.1 Å². The Bertz CT molecular complexity index is 1700. The molecule has 0 saturated heterocycles. The van der Waals surface area contributed by atoms with Crippen molar-refractivity contribution in [1.29, 1.82) is 0 Å². The Kier molecular flexibility index (Phi) is 65.6. The molecule has 2 atom stereocenters. The average molecular weight is 1220 g/mol. The van der Waals surface area contributed by atoms with Gasteiger partial charge in [-0.2, -0.15) is 0 Å². The van der Waals surface area contributed by atoms with Crippen LogP contribution in [-0.4, -0.2) is 87.4 Å². The number of carboxylic acids is 1. The van der Waals surface area contributed by atoms with Gasteiger partial charge in [-0.05, 0) is 70.6 Å². The van der Waals surface area contributed by atoms with Gasteiger partial charge in [0.2, 0.25) is 0 Å². The van der Waals surface area contributed by atoms with Gasteiger partial charge >= 0.3 is 17.9 Å². The summed E-state index contributed by atoms with van der Waals surface area (Å²) in [7, 11) is 5.99. The lowest BCUT2D eigenvalue weighted by Crippen LogP contribution is -2.40. The number of esters is 2. The monoisotopic (exact) mass is 1220 g/mol. The van der Waals surface area contributed by atoms with E-state index < -0.39 is 18.4 Å². The molecule has 9 nitrogen and oxygen atoms in total. The van der Waals surface area contributed by atoms with Crippen molar-refractivity contribution in [2.24, 2.45) is 0 Å². The van der Waals surface area contributed by atoms with Crippen LogP contribution in [0, 0.1) is 0 Å². The van der Waals surface area contributed by atoms with Crippen molar-refractivity contribution >= 4 is 17.9 Å². The molecule has 0 radical (unpaired) electrons. The van der Waals surface area contributed by atoms with Crippen molar-refractivity contribution in [1.82, 2.24) is 0 Å². The van der Waals surface area contributed by atoms with Gasteiger partial charge in [0.05, 0.1) is 34.4 Å². The highest BCUT2D eigenvalue weighted by atomic mass is 16.7. The van der Waals surface area contributed by atoms with Gasteiger partial charge in [-0.1, -0.05) is 336 Å². The van der Waals surface area contributed by atoms with Gasteiger partial charge in [0.1, 0.15) is 13.2 Å². The number of carboxylic acid groups (broad SMARTS) is 1. The molecule has 2 unspecified atom stereocenters. The van der Waals surface area contributed by atoms with E-state index in [0.717, 1.165) is 83.5 Å². The molecule has 0 bridgehead atoms. The van der Waals surface area contributed by atoms with Crippen LogP contribution in [0.15, 0.2) is 85.1 Å². The topological polar surface area (TPSA) is 108 Å². The Morgan fingerprint density at radius 2 is 0.655 bits per heavy atom. The Hall–Kier alpha value is -3.53. The molecule has 0 spiro atoms. The van der Waals surface area contributed by atoms with Gasteiger partial charge in [0, 0.05) is 12.8 Å². The minimum atomic E-state index is -1.51. The van der Waals surface area contributed by atoms with E-state index >= 15 is 0 Å². The third-order valence-corrected chi connectivity index (χ3v) is 16.2. The standard InChI is InChI=1S/C78H139NO8/c1-6-8-10-12-14-16-18-20-22-24-26-28-29-30-31-32-33-34-35-36-37-38-39-40-41-42-43-44-45-46-47-49-51-53-55-57-59-61-63-65-67-69-76(81)87-74(73-86-78(77(82)83)84-71-70-79(3,4)5)72-85-75(80)68-66-64-62-60-58-56-54-52-50-48-27-25-23-21-19-17-15-13-11-9-7-2/h8,10,14,16,20,22,26,28,30-31,33-34,36-37,74,78H,6-7,9,11-13,15,17-19,21,23-25,27,29,32,35,38-73H2,1-5H3/p+1/b10-8-,16-14-,22-20-,28-26-,31-30-,34-33-,37-36-. The second-order valence-corrected chi connectivity index (χ2v) is 25.9. The molecule has 87 heavy (non-hydrogen) atoms. The maximum atomic E-state index is 13.0. The first-order chi connectivity index (χ1) is 42.6. The molecule has 0 heterocycles. The zero-order valence-electron chi connectivity index (χ0n) is 57.7. The first-order valence-electron chi connectivity index (χ1n) is 36.8. The van der Waals surface area contributed by atoms with Crippen LogP contribution in [0.2, 0.25) is 0 Å². The number of carbonyl (C=O) groups excluding carboxylic acids is 2. The smallest absolute Gasteiger partial charge is 0.361 e. The normalized spacial score (nSPS) is 13.2. The molecule has 0 aromatic heterocycles. The van der Waals surface area contributed by atoms with Crippen LogP contribution < -0.4 is 0 Å². The minimum absolute atomic E-state index is 0.178. The minimum Gasteiger partial charge on any atom is -0.477 e. The van der Waals surface area contributed by atoms with Crippen molar-refractivity contribution in [3.8, 4) is 0 Å². The Labute approximate surface area is 538 Å². The lowest BCUT2D eigenvalue weighted by molar-refractivity contribution is -0.870. The number of hydrogen-bond acceptors (Lipinski definition) is 7. The molecule has 0 aliphatic rings. The van der Waals surface area contributed by atoms with E-state index in [0.29, 0.717) is 17.4 Å². The summed E-state index contributed by atoms with van der Waals surface area (Å²) in [6.07, 6.45) is 90.0. The summed E-state index contributed by atoms with van der Waals surface area (Å²) >= 11 is 0. The highest BCUT2D eigenvalue weighted by Gasteiger charge is 2.25. The summed E-state index contributed by atoms with van der Waals surface area (Å²) in [5.41, 5.74) is 0. The van der Waals surface area contributed by atoms with Crippen LogP contribution in [0.3, 0.4) is 0 Å². The second-order valence-electron chi connectivity index (χ2n) is 25.9. The quantitative estimate of drug-likeness (QED) is 0.0211. The molecule has 0 aromatic carbocycles. The molecular formula is C78H140NO8+. The first kappa shape index (κ1) is 83.5. The van der Waals surface area contributed by atoms with Gasteiger partial charge in [0.25, 0.3) is 6.29 Å². The maximum Gasteiger partial charge on any atom is 0.361 e. The SMILES string of the molecule is CC/C=C\C/C=C\C/C=C\C/C=C\C/C=C\C/C=C\C/C=C\CCCCCCCCCCCCCCCCCCCCCC(=O)OC(COC(=O)CCCCCCCCCCCCCCCCCCCCCCC)COC(OCC[N+](C)(C)C)C(=O)O. The summed E-state index contributed by atoms with van der Waals surface area (Å²) in [6, 6.07) is 0. The number of quaternary nitrogens is 1. The fraction of sp³-hybridized carbons (Fsp3) is 0.782. The van der Waals surface area contributed by atoms with E-state index in [1.54, 1.807) is 0 Å². The number of likely N-dealkylation sites (N-methyl/N-ethyl adjacent to an activating group) is 1. The zero-order chi connectivity index (χ0) is 63.3. The predicted molar refractivity (Wildman–Crippen MR) is 373 cm³/mol. The fourth-order valence-corrected chi connectivity index (χ4v) is 10.6. The number of hydrogen-bond donors (Lipinski definition) is 1. The van der Waals surface area contributed by atoms with Crippen LogP contribution in [0.5, 0.6) is 0 Å². The summed E-state index contributed by atoms with van der Waals surface area (Å²) in [4.78, 5) is 37.6. The van der Waals surface area contributed by atoms with E-state index in [4.69, 9.17) is 18.9 Å². The first-order valence-corrected chi connectivity index (χ1v) is 36.8. The number of nitrogens with zero attached hydrogens (tertiary/aromatic N) is 1. The molecule has 0 aromatic rings. The highest BCUT2D eigenvalue weighted by molar-refractivity contribution is 5.71. The van der Waals surface area contributed by atoms with E-state index in [2.05, 4.69) is 98.9 Å².